The average molecular weight is 349 g/mol. The number of benzene rings is 2. The molecule has 0 spiro atoms. The lowest BCUT2D eigenvalue weighted by molar-refractivity contribution is -0.145. The Hall–Kier alpha value is -2.88. The van der Waals surface area contributed by atoms with Crippen LogP contribution in [0.5, 0.6) is 0 Å². The van der Waals surface area contributed by atoms with Crippen molar-refractivity contribution in [3.8, 4) is 0 Å². The topological polar surface area (TPSA) is 66.4 Å². The normalized spacial score (nSPS) is 22.8. The highest BCUT2D eigenvalue weighted by molar-refractivity contribution is 5.98. The van der Waals surface area contributed by atoms with E-state index in [1.165, 1.54) is 5.57 Å². The van der Waals surface area contributed by atoms with E-state index in [0.717, 1.165) is 11.1 Å². The number of carboxylic acids is 1. The van der Waals surface area contributed by atoms with E-state index in [-0.39, 0.29) is 11.8 Å². The number of carboxylic acid groups (broad SMARTS) is 1. The zero-order valence-corrected chi connectivity index (χ0v) is 15.0. The van der Waals surface area contributed by atoms with E-state index < -0.39 is 11.5 Å². The molecule has 0 unspecified atom stereocenters. The van der Waals surface area contributed by atoms with Crippen LogP contribution in [0.25, 0.3) is 0 Å². The van der Waals surface area contributed by atoms with Gasteiger partial charge >= 0.3 is 5.97 Å². The summed E-state index contributed by atoms with van der Waals surface area (Å²) in [5, 5.41) is 13.1. The summed E-state index contributed by atoms with van der Waals surface area (Å²) in [6.07, 6.45) is 0.906. The van der Waals surface area contributed by atoms with E-state index in [0.29, 0.717) is 18.4 Å². The van der Waals surface area contributed by atoms with Gasteiger partial charge < -0.3 is 10.4 Å². The number of allylic oxidation sites excluding steroid dienone is 1. The first-order valence-electron chi connectivity index (χ1n) is 8.75. The number of rotatable bonds is 4. The Morgan fingerprint density at radius 2 is 1.54 bits per heavy atom. The van der Waals surface area contributed by atoms with E-state index in [1.54, 1.807) is 24.3 Å². The summed E-state index contributed by atoms with van der Waals surface area (Å²) in [6.45, 7) is 3.99. The van der Waals surface area contributed by atoms with Crippen LogP contribution >= 0.6 is 0 Å². The lowest BCUT2D eigenvalue weighted by Crippen LogP contribution is -2.59. The molecule has 26 heavy (non-hydrogen) atoms. The molecule has 134 valence electrons. The highest BCUT2D eigenvalue weighted by Crippen LogP contribution is 2.43. The van der Waals surface area contributed by atoms with Crippen molar-refractivity contribution < 1.29 is 14.7 Å². The molecule has 0 saturated heterocycles. The number of hydrogen-bond donors (Lipinski definition) is 2. The van der Waals surface area contributed by atoms with Gasteiger partial charge in [-0.25, -0.2) is 4.79 Å². The second-order valence-electron chi connectivity index (χ2n) is 7.00. The molecule has 4 nitrogen and oxygen atoms in total. The molecule has 2 aromatic rings. The Morgan fingerprint density at radius 1 is 0.962 bits per heavy atom. The second-order valence-corrected chi connectivity index (χ2v) is 7.00. The van der Waals surface area contributed by atoms with Crippen molar-refractivity contribution in [3.63, 3.8) is 0 Å². The van der Waals surface area contributed by atoms with Gasteiger partial charge in [-0.15, -0.1) is 0 Å². The number of carbonyl (C=O) groups is 2. The Bertz CT molecular complexity index is 842. The maximum Gasteiger partial charge on any atom is 0.330 e. The van der Waals surface area contributed by atoms with Crippen LogP contribution in [0, 0.1) is 0 Å². The minimum atomic E-state index is -1.36. The van der Waals surface area contributed by atoms with Crippen molar-refractivity contribution in [3.05, 3.63) is 82.9 Å². The van der Waals surface area contributed by atoms with Crippen LogP contribution in [0.2, 0.25) is 0 Å². The number of amides is 1. The van der Waals surface area contributed by atoms with Gasteiger partial charge in [-0.2, -0.15) is 0 Å². The third kappa shape index (κ3) is 3.27. The zero-order chi connectivity index (χ0) is 18.7. The summed E-state index contributed by atoms with van der Waals surface area (Å²) < 4.78 is 0. The Kier molecular flexibility index (Phi) is 4.94. The average Bonchev–Trinajstić information content (AvgIpc) is 2.65. The molecule has 0 aliphatic heterocycles. The van der Waals surface area contributed by atoms with Crippen LogP contribution in [0.15, 0.2) is 71.8 Å². The molecule has 1 aliphatic carbocycles. The molecule has 0 aromatic heterocycles. The lowest BCUT2D eigenvalue weighted by atomic mass is 9.67. The molecule has 0 heterocycles. The van der Waals surface area contributed by atoms with Crippen LogP contribution in [-0.2, 0) is 4.79 Å². The van der Waals surface area contributed by atoms with E-state index in [9.17, 15) is 14.7 Å². The minimum absolute atomic E-state index is 0.298. The number of carbonyl (C=O) groups excluding carboxylic acids is 1. The molecule has 0 saturated carbocycles. The SMILES string of the molecule is CC1=C(C)C[C@](NC(=O)c2ccccc2)(C(=O)O)[C@@H](c2ccccc2)C1. The predicted molar refractivity (Wildman–Crippen MR) is 101 cm³/mol. The smallest absolute Gasteiger partial charge is 0.330 e. The second kappa shape index (κ2) is 7.16. The molecule has 1 aliphatic rings. The molecule has 2 atom stereocenters. The minimum Gasteiger partial charge on any atom is -0.479 e. The van der Waals surface area contributed by atoms with E-state index in [1.807, 2.05) is 50.2 Å². The van der Waals surface area contributed by atoms with Crippen LogP contribution in [0.4, 0.5) is 0 Å². The number of hydrogen-bond acceptors (Lipinski definition) is 2. The van der Waals surface area contributed by atoms with Gasteiger partial charge in [0.25, 0.3) is 5.91 Å². The summed E-state index contributed by atoms with van der Waals surface area (Å²) in [7, 11) is 0. The quantitative estimate of drug-likeness (QED) is 0.815. The van der Waals surface area contributed by atoms with E-state index in [4.69, 9.17) is 0 Å². The van der Waals surface area contributed by atoms with Gasteiger partial charge in [0.15, 0.2) is 0 Å². The molecule has 0 bridgehead atoms. The predicted octanol–water partition coefficient (Wildman–Crippen LogP) is 4.15. The summed E-state index contributed by atoms with van der Waals surface area (Å²) in [5.41, 5.74) is 2.23. The van der Waals surface area contributed by atoms with Gasteiger partial charge in [0.2, 0.25) is 0 Å². The highest BCUT2D eigenvalue weighted by atomic mass is 16.4. The van der Waals surface area contributed by atoms with Crippen molar-refractivity contribution in [2.24, 2.45) is 0 Å². The number of nitrogens with one attached hydrogen (secondary N) is 1. The molecule has 3 rings (SSSR count). The van der Waals surface area contributed by atoms with Crippen molar-refractivity contribution in [2.75, 3.05) is 0 Å². The van der Waals surface area contributed by atoms with Crippen LogP contribution < -0.4 is 5.32 Å². The van der Waals surface area contributed by atoms with E-state index in [2.05, 4.69) is 5.32 Å². The third-order valence-corrected chi connectivity index (χ3v) is 5.33. The summed E-state index contributed by atoms with van der Waals surface area (Å²) in [6, 6.07) is 18.3. The van der Waals surface area contributed by atoms with Gasteiger partial charge in [0, 0.05) is 17.9 Å². The Morgan fingerprint density at radius 3 is 2.12 bits per heavy atom. The monoisotopic (exact) mass is 349 g/mol. The molecular formula is C22H23NO3. The summed E-state index contributed by atoms with van der Waals surface area (Å²) in [5.74, 6) is -1.68. The maximum atomic E-state index is 12.8. The van der Waals surface area contributed by atoms with Gasteiger partial charge in [-0.3, -0.25) is 4.79 Å². The third-order valence-electron chi connectivity index (χ3n) is 5.33. The molecular weight excluding hydrogens is 326 g/mol. The largest absolute Gasteiger partial charge is 0.479 e. The van der Waals surface area contributed by atoms with Crippen LogP contribution in [0.1, 0.15) is 48.5 Å². The molecule has 4 heteroatoms. The van der Waals surface area contributed by atoms with Crippen molar-refractivity contribution in [2.45, 2.75) is 38.1 Å². The molecule has 1 amide bonds. The Labute approximate surface area is 153 Å². The first-order valence-corrected chi connectivity index (χ1v) is 8.75. The fourth-order valence-corrected chi connectivity index (χ4v) is 3.71. The van der Waals surface area contributed by atoms with Crippen molar-refractivity contribution >= 4 is 11.9 Å². The molecule has 0 fully saturated rings. The highest BCUT2D eigenvalue weighted by Gasteiger charge is 2.50. The fourth-order valence-electron chi connectivity index (χ4n) is 3.71. The lowest BCUT2D eigenvalue weighted by Gasteiger charge is -2.42. The standard InChI is InChI=1S/C22H23NO3/c1-15-13-19(17-9-5-3-6-10-17)22(21(25)26,14-16(15)2)23-20(24)18-11-7-4-8-12-18/h3-12,19H,13-14H2,1-2H3,(H,23,24)(H,25,26)/t19-,22-/m1/s1. The van der Waals surface area contributed by atoms with Gasteiger partial charge in [-0.1, -0.05) is 59.7 Å². The first-order chi connectivity index (χ1) is 12.4. The fraction of sp³-hybridized carbons (Fsp3) is 0.273. The zero-order valence-electron chi connectivity index (χ0n) is 15.0. The maximum absolute atomic E-state index is 12.8. The molecule has 2 N–H and O–H groups in total. The van der Waals surface area contributed by atoms with Gasteiger partial charge in [0.1, 0.15) is 5.54 Å². The summed E-state index contributed by atoms with van der Waals surface area (Å²) in [4.78, 5) is 25.2. The number of aliphatic carboxylic acids is 1. The van der Waals surface area contributed by atoms with Crippen LogP contribution in [0.3, 0.4) is 0 Å². The van der Waals surface area contributed by atoms with Crippen molar-refractivity contribution in [1.82, 2.24) is 5.32 Å². The molecule has 2 aromatic carbocycles. The summed E-state index contributed by atoms with van der Waals surface area (Å²) >= 11 is 0. The Balaban J connectivity index is 2.06. The van der Waals surface area contributed by atoms with Gasteiger partial charge in [-0.05, 0) is 38.0 Å². The van der Waals surface area contributed by atoms with E-state index >= 15 is 0 Å². The first kappa shape index (κ1) is 17.9. The molecule has 0 radical (unpaired) electrons. The van der Waals surface area contributed by atoms with Gasteiger partial charge in [0.05, 0.1) is 0 Å². The van der Waals surface area contributed by atoms with Crippen LogP contribution in [-0.4, -0.2) is 22.5 Å². The van der Waals surface area contributed by atoms with Crippen molar-refractivity contribution in [1.29, 1.82) is 0 Å².